The molecule has 0 unspecified atom stereocenters. The molecule has 98 valence electrons. The van der Waals surface area contributed by atoms with E-state index in [1.54, 1.807) is 12.1 Å². The number of amides is 1. The van der Waals surface area contributed by atoms with Crippen LogP contribution in [0.1, 0.15) is 23.2 Å². The summed E-state index contributed by atoms with van der Waals surface area (Å²) in [6, 6.07) is 4.90. The molecule has 0 aliphatic carbocycles. The second-order valence-corrected chi connectivity index (χ2v) is 4.81. The summed E-state index contributed by atoms with van der Waals surface area (Å²) in [5.41, 5.74) is 5.62. The van der Waals surface area contributed by atoms with Crippen LogP contribution in [-0.2, 0) is 4.74 Å². The van der Waals surface area contributed by atoms with Crippen LogP contribution in [0.25, 0.3) is 0 Å². The minimum absolute atomic E-state index is 0.328. The van der Waals surface area contributed by atoms with Crippen molar-refractivity contribution in [2.24, 2.45) is 11.7 Å². The van der Waals surface area contributed by atoms with Gasteiger partial charge in [0.05, 0.1) is 12.2 Å². The Morgan fingerprint density at radius 3 is 2.83 bits per heavy atom. The fourth-order valence-corrected chi connectivity index (χ4v) is 2.11. The third kappa shape index (κ3) is 3.37. The van der Waals surface area contributed by atoms with Gasteiger partial charge in [-0.15, -0.1) is 0 Å². The van der Waals surface area contributed by atoms with E-state index in [2.05, 4.69) is 0 Å². The number of halogens is 1. The van der Waals surface area contributed by atoms with Crippen molar-refractivity contribution in [2.75, 3.05) is 19.8 Å². The first-order chi connectivity index (χ1) is 8.66. The summed E-state index contributed by atoms with van der Waals surface area (Å²) < 4.78 is 11.0. The van der Waals surface area contributed by atoms with E-state index in [1.165, 1.54) is 6.07 Å². The second kappa shape index (κ2) is 6.07. The van der Waals surface area contributed by atoms with Gasteiger partial charge in [-0.25, -0.2) is 0 Å². The largest absolute Gasteiger partial charge is 0.492 e. The van der Waals surface area contributed by atoms with Crippen molar-refractivity contribution in [1.82, 2.24) is 0 Å². The first kappa shape index (κ1) is 13.2. The van der Waals surface area contributed by atoms with E-state index in [1.807, 2.05) is 0 Å². The highest BCUT2D eigenvalue weighted by Crippen LogP contribution is 2.24. The molecule has 1 fully saturated rings. The van der Waals surface area contributed by atoms with Gasteiger partial charge in [0.2, 0.25) is 0 Å². The predicted molar refractivity (Wildman–Crippen MR) is 69.0 cm³/mol. The Labute approximate surface area is 111 Å². The number of hydrogen-bond acceptors (Lipinski definition) is 3. The van der Waals surface area contributed by atoms with Gasteiger partial charge < -0.3 is 15.2 Å². The Kier molecular flexibility index (Phi) is 4.44. The van der Waals surface area contributed by atoms with Crippen LogP contribution in [0.5, 0.6) is 5.75 Å². The summed E-state index contributed by atoms with van der Waals surface area (Å²) in [6.07, 6.45) is 1.97. The first-order valence-corrected chi connectivity index (χ1v) is 6.34. The summed E-state index contributed by atoms with van der Waals surface area (Å²) in [4.78, 5) is 11.3. The molecule has 1 amide bonds. The molecule has 0 saturated carbocycles. The van der Waals surface area contributed by atoms with Crippen LogP contribution in [0.2, 0.25) is 5.02 Å². The van der Waals surface area contributed by atoms with E-state index >= 15 is 0 Å². The smallest absolute Gasteiger partial charge is 0.252 e. The average molecular weight is 270 g/mol. The third-order valence-corrected chi connectivity index (χ3v) is 3.26. The van der Waals surface area contributed by atoms with E-state index in [4.69, 9.17) is 26.8 Å². The zero-order valence-electron chi connectivity index (χ0n) is 10.0. The summed E-state index contributed by atoms with van der Waals surface area (Å²) in [7, 11) is 0. The van der Waals surface area contributed by atoms with E-state index in [0.717, 1.165) is 26.1 Å². The Hall–Kier alpha value is -1.26. The Balaban J connectivity index is 2.01. The number of benzene rings is 1. The van der Waals surface area contributed by atoms with Crippen molar-refractivity contribution in [3.05, 3.63) is 28.8 Å². The molecule has 2 rings (SSSR count). The maximum absolute atomic E-state index is 11.3. The Morgan fingerprint density at radius 2 is 2.17 bits per heavy atom. The molecule has 1 aromatic carbocycles. The highest BCUT2D eigenvalue weighted by molar-refractivity contribution is 6.31. The molecule has 0 radical (unpaired) electrons. The summed E-state index contributed by atoms with van der Waals surface area (Å²) in [5.74, 6) is 0.438. The summed E-state index contributed by atoms with van der Waals surface area (Å²) in [5, 5.41) is 0.474. The molecule has 5 heteroatoms. The lowest BCUT2D eigenvalue weighted by Crippen LogP contribution is -2.22. The van der Waals surface area contributed by atoms with Gasteiger partial charge in [-0.2, -0.15) is 0 Å². The SMILES string of the molecule is NC(=O)c1cc(Cl)ccc1OCC1CCOCC1. The number of carbonyl (C=O) groups excluding carboxylic acids is 1. The molecule has 1 aromatic rings. The molecule has 4 nitrogen and oxygen atoms in total. The van der Waals surface area contributed by atoms with Crippen LogP contribution in [0.3, 0.4) is 0 Å². The van der Waals surface area contributed by atoms with Crippen LogP contribution in [0.15, 0.2) is 18.2 Å². The average Bonchev–Trinajstić information content (AvgIpc) is 2.38. The lowest BCUT2D eigenvalue weighted by molar-refractivity contribution is 0.0495. The summed E-state index contributed by atoms with van der Waals surface area (Å²) >= 11 is 5.83. The van der Waals surface area contributed by atoms with Gasteiger partial charge in [0.1, 0.15) is 5.75 Å². The molecule has 1 aliphatic heterocycles. The van der Waals surface area contributed by atoms with Gasteiger partial charge in [-0.05, 0) is 37.0 Å². The quantitative estimate of drug-likeness (QED) is 0.912. The van der Waals surface area contributed by atoms with Gasteiger partial charge >= 0.3 is 0 Å². The fourth-order valence-electron chi connectivity index (χ4n) is 1.94. The number of hydrogen-bond donors (Lipinski definition) is 1. The number of ether oxygens (including phenoxy) is 2. The zero-order valence-corrected chi connectivity index (χ0v) is 10.8. The Bertz CT molecular complexity index is 430. The normalized spacial score (nSPS) is 16.5. The lowest BCUT2D eigenvalue weighted by atomic mass is 10.0. The topological polar surface area (TPSA) is 61.6 Å². The maximum Gasteiger partial charge on any atom is 0.252 e. The monoisotopic (exact) mass is 269 g/mol. The maximum atomic E-state index is 11.3. The van der Waals surface area contributed by atoms with Gasteiger partial charge in [0.25, 0.3) is 5.91 Å². The van der Waals surface area contributed by atoms with Crippen molar-refractivity contribution in [3.63, 3.8) is 0 Å². The molecule has 2 N–H and O–H groups in total. The van der Waals surface area contributed by atoms with Crippen LogP contribution in [0, 0.1) is 5.92 Å². The van der Waals surface area contributed by atoms with Crippen LogP contribution in [-0.4, -0.2) is 25.7 Å². The number of rotatable bonds is 4. The van der Waals surface area contributed by atoms with E-state index in [9.17, 15) is 4.79 Å². The predicted octanol–water partition coefficient (Wildman–Crippen LogP) is 2.24. The van der Waals surface area contributed by atoms with Gasteiger partial charge in [-0.1, -0.05) is 11.6 Å². The third-order valence-electron chi connectivity index (χ3n) is 3.02. The molecule has 1 aliphatic rings. The van der Waals surface area contributed by atoms with Crippen molar-refractivity contribution in [3.8, 4) is 5.75 Å². The Morgan fingerprint density at radius 1 is 1.44 bits per heavy atom. The van der Waals surface area contributed by atoms with E-state index in [0.29, 0.717) is 28.9 Å². The van der Waals surface area contributed by atoms with Crippen molar-refractivity contribution in [2.45, 2.75) is 12.8 Å². The molecule has 18 heavy (non-hydrogen) atoms. The number of carbonyl (C=O) groups is 1. The molecule has 1 heterocycles. The van der Waals surface area contributed by atoms with Gasteiger partial charge in [0.15, 0.2) is 0 Å². The number of nitrogens with two attached hydrogens (primary N) is 1. The lowest BCUT2D eigenvalue weighted by Gasteiger charge is -2.22. The highest BCUT2D eigenvalue weighted by Gasteiger charge is 2.16. The van der Waals surface area contributed by atoms with Crippen molar-refractivity contribution < 1.29 is 14.3 Å². The van der Waals surface area contributed by atoms with Crippen LogP contribution in [0.4, 0.5) is 0 Å². The standard InChI is InChI=1S/C13H16ClNO3/c14-10-1-2-12(11(7-10)13(15)16)18-8-9-3-5-17-6-4-9/h1-2,7,9H,3-6,8H2,(H2,15,16). The molecule has 1 saturated heterocycles. The molecule has 0 bridgehead atoms. The van der Waals surface area contributed by atoms with Crippen LogP contribution >= 0.6 is 11.6 Å². The summed E-state index contributed by atoms with van der Waals surface area (Å²) in [6.45, 7) is 2.12. The highest BCUT2D eigenvalue weighted by atomic mass is 35.5. The van der Waals surface area contributed by atoms with E-state index in [-0.39, 0.29) is 0 Å². The van der Waals surface area contributed by atoms with Crippen molar-refractivity contribution >= 4 is 17.5 Å². The number of primary amides is 1. The fraction of sp³-hybridized carbons (Fsp3) is 0.462. The molecule has 0 spiro atoms. The minimum Gasteiger partial charge on any atom is -0.492 e. The van der Waals surface area contributed by atoms with Crippen molar-refractivity contribution in [1.29, 1.82) is 0 Å². The van der Waals surface area contributed by atoms with E-state index < -0.39 is 5.91 Å². The van der Waals surface area contributed by atoms with Gasteiger partial charge in [0, 0.05) is 18.2 Å². The molecule has 0 aromatic heterocycles. The van der Waals surface area contributed by atoms with Crippen LogP contribution < -0.4 is 10.5 Å². The zero-order chi connectivity index (χ0) is 13.0. The minimum atomic E-state index is -0.528. The van der Waals surface area contributed by atoms with Gasteiger partial charge in [-0.3, -0.25) is 4.79 Å². The second-order valence-electron chi connectivity index (χ2n) is 4.37. The first-order valence-electron chi connectivity index (χ1n) is 5.96. The molecular formula is C13H16ClNO3. The molecular weight excluding hydrogens is 254 g/mol. The molecule has 0 atom stereocenters.